The van der Waals surface area contributed by atoms with Crippen molar-refractivity contribution in [2.24, 2.45) is 0 Å². The zero-order chi connectivity index (χ0) is 23.6. The molecule has 3 rings (SSSR count). The second-order valence-corrected chi connectivity index (χ2v) is 7.16. The summed E-state index contributed by atoms with van der Waals surface area (Å²) in [5.41, 5.74) is -3.14. The number of halogens is 6. The van der Waals surface area contributed by atoms with E-state index in [9.17, 15) is 31.1 Å². The van der Waals surface area contributed by atoms with Crippen LogP contribution in [0.15, 0.2) is 42.5 Å². The van der Waals surface area contributed by atoms with Crippen molar-refractivity contribution in [2.75, 3.05) is 13.2 Å². The first-order chi connectivity index (χ1) is 14.9. The van der Waals surface area contributed by atoms with Crippen molar-refractivity contribution in [1.82, 2.24) is 0 Å². The van der Waals surface area contributed by atoms with Crippen molar-refractivity contribution in [3.8, 4) is 17.2 Å². The van der Waals surface area contributed by atoms with E-state index in [1.54, 1.807) is 0 Å². The van der Waals surface area contributed by atoms with Crippen LogP contribution in [0.2, 0.25) is 0 Å². The van der Waals surface area contributed by atoms with E-state index in [0.29, 0.717) is 12.2 Å². The molecule has 11 heteroatoms. The van der Waals surface area contributed by atoms with Crippen molar-refractivity contribution < 1.29 is 50.5 Å². The van der Waals surface area contributed by atoms with Crippen molar-refractivity contribution >= 4 is 5.97 Å². The first-order valence-electron chi connectivity index (χ1n) is 9.43. The Labute approximate surface area is 178 Å². The molecule has 0 amide bonds. The molecule has 0 radical (unpaired) electrons. The molecule has 5 nitrogen and oxygen atoms in total. The number of hydrogen-bond donors (Lipinski definition) is 1. The second kappa shape index (κ2) is 8.79. The number of ether oxygens (including phenoxy) is 3. The van der Waals surface area contributed by atoms with Crippen LogP contribution in [0.4, 0.5) is 26.3 Å². The lowest BCUT2D eigenvalue weighted by Crippen LogP contribution is -2.55. The first-order valence-corrected chi connectivity index (χ1v) is 9.43. The van der Waals surface area contributed by atoms with Gasteiger partial charge in [-0.1, -0.05) is 12.1 Å². The molecule has 1 heterocycles. The minimum absolute atomic E-state index is 0.0671. The van der Waals surface area contributed by atoms with Crippen LogP contribution in [0.25, 0.3) is 0 Å². The summed E-state index contributed by atoms with van der Waals surface area (Å²) in [4.78, 5) is 11.2. The summed E-state index contributed by atoms with van der Waals surface area (Å²) in [5, 5.41) is 9.06. The number of rotatable bonds is 8. The minimum atomic E-state index is -5.10. The molecule has 1 aliphatic heterocycles. The van der Waals surface area contributed by atoms with E-state index < -0.39 is 36.8 Å². The smallest absolute Gasteiger partial charge is 0.439 e. The van der Waals surface area contributed by atoms with Crippen molar-refractivity contribution in [2.45, 2.75) is 37.2 Å². The number of fused-ring (bicyclic) bond motifs is 1. The fourth-order valence-corrected chi connectivity index (χ4v) is 3.15. The van der Waals surface area contributed by atoms with Crippen LogP contribution in [0.1, 0.15) is 17.5 Å². The van der Waals surface area contributed by atoms with Gasteiger partial charge in [0.2, 0.25) is 0 Å². The summed E-state index contributed by atoms with van der Waals surface area (Å²) in [6.45, 7) is 0.345. The Bertz CT molecular complexity index is 955. The van der Waals surface area contributed by atoms with E-state index in [2.05, 4.69) is 0 Å². The SMILES string of the molecule is O=C(O)C1(C(F)(F)F)Cc2cc(OCCCOc3ccc(CC(F)(F)F)cc3)ccc2O1. The lowest BCUT2D eigenvalue weighted by Gasteiger charge is -2.26. The minimum Gasteiger partial charge on any atom is -0.493 e. The molecule has 174 valence electrons. The largest absolute Gasteiger partial charge is 0.493 e. The van der Waals surface area contributed by atoms with Crippen LogP contribution < -0.4 is 14.2 Å². The predicted molar refractivity (Wildman–Crippen MR) is 99.0 cm³/mol. The Morgan fingerprint density at radius 2 is 1.56 bits per heavy atom. The van der Waals surface area contributed by atoms with Gasteiger partial charge in [-0.3, -0.25) is 0 Å². The molecule has 0 aliphatic carbocycles. The Morgan fingerprint density at radius 3 is 2.12 bits per heavy atom. The highest BCUT2D eigenvalue weighted by atomic mass is 19.4. The maximum atomic E-state index is 13.3. The third-order valence-electron chi connectivity index (χ3n) is 4.71. The highest BCUT2D eigenvalue weighted by Gasteiger charge is 2.66. The van der Waals surface area contributed by atoms with Gasteiger partial charge in [-0.25, -0.2) is 4.79 Å². The molecule has 1 aliphatic rings. The van der Waals surface area contributed by atoms with Crippen LogP contribution in [-0.2, 0) is 17.6 Å². The van der Waals surface area contributed by atoms with E-state index in [-0.39, 0.29) is 35.8 Å². The quantitative estimate of drug-likeness (QED) is 0.442. The summed E-state index contributed by atoms with van der Waals surface area (Å²) in [6, 6.07) is 9.39. The highest BCUT2D eigenvalue weighted by Crippen LogP contribution is 2.45. The van der Waals surface area contributed by atoms with E-state index in [1.165, 1.54) is 42.5 Å². The molecule has 1 atom stereocenters. The van der Waals surface area contributed by atoms with Gasteiger partial charge in [-0.05, 0) is 35.9 Å². The Kier molecular flexibility index (Phi) is 6.47. The van der Waals surface area contributed by atoms with Crippen LogP contribution in [0, 0.1) is 0 Å². The molecule has 0 bridgehead atoms. The Hall–Kier alpha value is -3.11. The maximum Gasteiger partial charge on any atom is 0.439 e. The number of carboxylic acid groups (broad SMARTS) is 1. The Morgan fingerprint density at radius 1 is 0.969 bits per heavy atom. The van der Waals surface area contributed by atoms with Gasteiger partial charge in [-0.15, -0.1) is 0 Å². The van der Waals surface area contributed by atoms with E-state index in [4.69, 9.17) is 19.3 Å². The normalized spacial score (nSPS) is 18.1. The van der Waals surface area contributed by atoms with Gasteiger partial charge < -0.3 is 19.3 Å². The fourth-order valence-electron chi connectivity index (χ4n) is 3.15. The monoisotopic (exact) mass is 464 g/mol. The van der Waals surface area contributed by atoms with Gasteiger partial charge in [-0.2, -0.15) is 26.3 Å². The van der Waals surface area contributed by atoms with Crippen LogP contribution >= 0.6 is 0 Å². The molecule has 32 heavy (non-hydrogen) atoms. The zero-order valence-electron chi connectivity index (χ0n) is 16.4. The van der Waals surface area contributed by atoms with E-state index in [1.807, 2.05) is 0 Å². The number of benzene rings is 2. The average molecular weight is 464 g/mol. The molecule has 0 spiro atoms. The molecular weight excluding hydrogens is 446 g/mol. The van der Waals surface area contributed by atoms with E-state index >= 15 is 0 Å². The molecular formula is C21H18F6O5. The number of carboxylic acids is 1. The molecule has 0 aromatic heterocycles. The molecule has 1 N–H and O–H groups in total. The van der Waals surface area contributed by atoms with Crippen molar-refractivity contribution in [3.63, 3.8) is 0 Å². The molecule has 1 unspecified atom stereocenters. The highest BCUT2D eigenvalue weighted by molar-refractivity contribution is 5.81. The number of carbonyl (C=O) groups is 1. The fraction of sp³-hybridized carbons (Fsp3) is 0.381. The van der Waals surface area contributed by atoms with Crippen molar-refractivity contribution in [1.29, 1.82) is 0 Å². The number of hydrogen-bond acceptors (Lipinski definition) is 4. The summed E-state index contributed by atoms with van der Waals surface area (Å²) < 4.78 is 92.4. The van der Waals surface area contributed by atoms with Gasteiger partial charge in [0.05, 0.1) is 19.6 Å². The second-order valence-electron chi connectivity index (χ2n) is 7.16. The average Bonchev–Trinajstić information content (AvgIpc) is 3.08. The zero-order valence-corrected chi connectivity index (χ0v) is 16.4. The van der Waals surface area contributed by atoms with E-state index in [0.717, 1.165) is 0 Å². The van der Waals surface area contributed by atoms with Gasteiger partial charge in [0, 0.05) is 18.4 Å². The lowest BCUT2D eigenvalue weighted by molar-refractivity contribution is -0.245. The third kappa shape index (κ3) is 5.38. The summed E-state index contributed by atoms with van der Waals surface area (Å²) in [6.07, 6.45) is -10.9. The maximum absolute atomic E-state index is 13.3. The van der Waals surface area contributed by atoms with Gasteiger partial charge >= 0.3 is 23.9 Å². The Balaban J connectivity index is 1.47. The topological polar surface area (TPSA) is 65.0 Å². The molecule has 0 saturated carbocycles. The molecule has 0 fully saturated rings. The van der Waals surface area contributed by atoms with Gasteiger partial charge in [0.25, 0.3) is 0 Å². The van der Waals surface area contributed by atoms with Crippen molar-refractivity contribution in [3.05, 3.63) is 53.6 Å². The first kappa shape index (κ1) is 23.6. The van der Waals surface area contributed by atoms with Crippen LogP contribution in [-0.4, -0.2) is 42.2 Å². The molecule has 2 aromatic carbocycles. The summed E-state index contributed by atoms with van der Waals surface area (Å²) in [5.74, 6) is -1.66. The number of aliphatic carboxylic acids is 1. The molecule has 0 saturated heterocycles. The van der Waals surface area contributed by atoms with Crippen LogP contribution in [0.3, 0.4) is 0 Å². The standard InChI is InChI=1S/C21H18F6O5/c22-20(23,24)11-13-2-4-15(5-3-13)30-8-1-9-31-16-6-7-17-14(10-16)12-19(32-17,18(28)29)21(25,26)27/h2-7,10H,1,8-9,11-12H2,(H,28,29). The number of alkyl halides is 6. The predicted octanol–water partition coefficient (Wildman–Crippen LogP) is 4.96. The summed E-state index contributed by atoms with van der Waals surface area (Å²) >= 11 is 0. The molecule has 2 aromatic rings. The third-order valence-corrected chi connectivity index (χ3v) is 4.71. The van der Waals surface area contributed by atoms with Crippen LogP contribution in [0.5, 0.6) is 17.2 Å². The van der Waals surface area contributed by atoms with Gasteiger partial charge in [0.15, 0.2) is 0 Å². The van der Waals surface area contributed by atoms with Gasteiger partial charge in [0.1, 0.15) is 17.2 Å². The summed E-state index contributed by atoms with van der Waals surface area (Å²) in [7, 11) is 0. The lowest BCUT2D eigenvalue weighted by atomic mass is 9.96.